The van der Waals surface area contributed by atoms with Crippen molar-refractivity contribution in [2.45, 2.75) is 54.9 Å². The van der Waals surface area contributed by atoms with Crippen molar-refractivity contribution in [1.82, 2.24) is 0 Å². The van der Waals surface area contributed by atoms with Crippen LogP contribution in [0.2, 0.25) is 0 Å². The molecule has 0 spiro atoms. The van der Waals surface area contributed by atoms with Crippen molar-refractivity contribution in [2.24, 2.45) is 0 Å². The first-order valence-electron chi connectivity index (χ1n) is 4.28. The third-order valence-corrected chi connectivity index (χ3v) is 0. The van der Waals surface area contributed by atoms with Crippen molar-refractivity contribution < 1.29 is 62.2 Å². The van der Waals surface area contributed by atoms with E-state index >= 15 is 0 Å². The molecule has 0 aliphatic rings. The van der Waals surface area contributed by atoms with Gasteiger partial charge in [-0.1, -0.05) is 34.1 Å². The van der Waals surface area contributed by atoms with Gasteiger partial charge in [-0.25, -0.2) is 0 Å². The molecule has 0 aromatic rings. The van der Waals surface area contributed by atoms with Gasteiger partial charge in [-0.2, -0.15) is 20.8 Å². The van der Waals surface area contributed by atoms with Crippen molar-refractivity contribution in [1.29, 1.82) is 0 Å². The molecule has 0 rings (SSSR count). The van der Waals surface area contributed by atoms with E-state index in [1.54, 1.807) is 6.92 Å². The van der Waals surface area contributed by atoms with E-state index < -0.39 is 0 Å². The molecule has 0 radical (unpaired) electrons. The molecule has 0 atom stereocenters. The maximum absolute atomic E-state index is 3.25. The number of hydrogen-bond acceptors (Lipinski definition) is 0. The molecule has 2 heteroatoms. The first-order valence-corrected chi connectivity index (χ1v) is 4.28. The average Bonchev–Trinajstić information content (AvgIpc) is 1.99. The Morgan fingerprint density at radius 2 is 0.917 bits per heavy atom. The topological polar surface area (TPSA) is 0 Å². The summed E-state index contributed by atoms with van der Waals surface area (Å²) < 4.78 is 0. The van der Waals surface area contributed by atoms with Crippen LogP contribution in [0, 0.1) is 75.6 Å². The van der Waals surface area contributed by atoms with E-state index in [0.29, 0.717) is 0 Å². The summed E-state index contributed by atoms with van der Waals surface area (Å²) in [4.78, 5) is 0. The SMILES string of the molecule is CC.CCC.C[CH-]C.[CH2-]C.[U].[U]. The summed E-state index contributed by atoms with van der Waals surface area (Å²) in [6.45, 7) is 17.2. The minimum atomic E-state index is 0. The molecule has 76 valence electrons. The van der Waals surface area contributed by atoms with Crippen molar-refractivity contribution >= 4 is 0 Å². The molecule has 0 unspecified atom stereocenters. The monoisotopic (exact) mass is 622 g/mol. The minimum Gasteiger partial charge on any atom is -0.346 e. The van der Waals surface area contributed by atoms with E-state index in [4.69, 9.17) is 0 Å². The molecular formula is C10H26U2-2. The molecular weight excluding hydrogens is 596 g/mol. The van der Waals surface area contributed by atoms with Gasteiger partial charge in [0, 0.05) is 62.2 Å². The summed E-state index contributed by atoms with van der Waals surface area (Å²) in [5.41, 5.74) is 0. The minimum absolute atomic E-state index is 0. The predicted octanol–water partition coefficient (Wildman–Crippen LogP) is 4.51. The quantitative estimate of drug-likeness (QED) is 0.349. The van der Waals surface area contributed by atoms with Crippen LogP contribution >= 0.6 is 0 Å². The van der Waals surface area contributed by atoms with Crippen LogP contribution in [0.1, 0.15) is 54.9 Å². The summed E-state index contributed by atoms with van der Waals surface area (Å²) in [6, 6.07) is 0. The predicted molar refractivity (Wildman–Crippen MR) is 54.0 cm³/mol. The second-order valence-electron chi connectivity index (χ2n) is 1.28. The third-order valence-electron chi connectivity index (χ3n) is 0. The van der Waals surface area contributed by atoms with E-state index in [0.717, 1.165) is 0 Å². The van der Waals surface area contributed by atoms with Crippen LogP contribution in [-0.2, 0) is 0 Å². The standard InChI is InChI=1S/C3H8.C3H7.C2H6.C2H5.2U/c2*1-3-2;2*1-2;;/h3H2,1-2H3;3H,1-2H3;1-2H3;1H2,2H3;;/q;-1;;-1;;. The molecule has 0 N–H and O–H groups in total. The Hall–Kier alpha value is 2.10. The second kappa shape index (κ2) is 114. The van der Waals surface area contributed by atoms with E-state index in [1.165, 1.54) is 6.42 Å². The maximum Gasteiger partial charge on any atom is 0 e. The van der Waals surface area contributed by atoms with Crippen LogP contribution in [0.3, 0.4) is 0 Å². The number of rotatable bonds is 0. The fourth-order valence-electron chi connectivity index (χ4n) is 0. The van der Waals surface area contributed by atoms with Gasteiger partial charge >= 0.3 is 0 Å². The van der Waals surface area contributed by atoms with E-state index in [1.807, 2.05) is 34.1 Å². The molecule has 0 saturated carbocycles. The molecule has 0 bridgehead atoms. The van der Waals surface area contributed by atoms with Gasteiger partial charge in [0.05, 0.1) is 0 Å². The Morgan fingerprint density at radius 3 is 0.917 bits per heavy atom. The van der Waals surface area contributed by atoms with Crippen LogP contribution < -0.4 is 0 Å². The Kier molecular flexibility index (Phi) is 350. The van der Waals surface area contributed by atoms with Crippen LogP contribution in [0.15, 0.2) is 0 Å². The molecule has 0 aliphatic carbocycles. The van der Waals surface area contributed by atoms with Gasteiger partial charge in [-0.3, -0.25) is 0 Å². The second-order valence-corrected chi connectivity index (χ2v) is 1.28. The summed E-state index contributed by atoms with van der Waals surface area (Å²) >= 11 is 0. The fraction of sp³-hybridized carbons (Fsp3) is 0.800. The molecule has 0 saturated heterocycles. The van der Waals surface area contributed by atoms with Gasteiger partial charge in [-0.15, -0.1) is 0 Å². The third kappa shape index (κ3) is 337. The van der Waals surface area contributed by atoms with Crippen molar-refractivity contribution in [3.8, 4) is 0 Å². The smallest absolute Gasteiger partial charge is 0 e. The maximum atomic E-state index is 3.25. The molecule has 0 aromatic carbocycles. The normalized spacial score (nSPS) is 4.00. The van der Waals surface area contributed by atoms with Crippen molar-refractivity contribution in [2.75, 3.05) is 0 Å². The van der Waals surface area contributed by atoms with Gasteiger partial charge in [0.1, 0.15) is 0 Å². The summed E-state index contributed by atoms with van der Waals surface area (Å²) in [5.74, 6) is 0. The van der Waals surface area contributed by atoms with Gasteiger partial charge < -0.3 is 13.3 Å². The van der Waals surface area contributed by atoms with Crippen LogP contribution in [0.5, 0.6) is 0 Å². The molecule has 0 nitrogen and oxygen atoms in total. The first-order chi connectivity index (χ1) is 4.83. The molecule has 0 fully saturated rings. The largest absolute Gasteiger partial charge is 0.346 e. The zero-order valence-corrected chi connectivity index (χ0v) is 18.3. The van der Waals surface area contributed by atoms with Crippen LogP contribution in [0.25, 0.3) is 0 Å². The molecule has 0 aromatic heterocycles. The molecule has 0 aliphatic heterocycles. The van der Waals surface area contributed by atoms with Gasteiger partial charge in [0.25, 0.3) is 0 Å². The zero-order valence-electron chi connectivity index (χ0n) is 9.99. The Morgan fingerprint density at radius 1 is 0.917 bits per heavy atom. The van der Waals surface area contributed by atoms with Crippen LogP contribution in [0.4, 0.5) is 0 Å². The first kappa shape index (κ1) is 36.9. The zero-order chi connectivity index (χ0) is 9.41. The van der Waals surface area contributed by atoms with Crippen molar-refractivity contribution in [3.05, 3.63) is 13.3 Å². The summed E-state index contributed by atoms with van der Waals surface area (Å²) in [7, 11) is 0. The van der Waals surface area contributed by atoms with E-state index in [9.17, 15) is 0 Å². The number of hydrogen-bond donors (Lipinski definition) is 0. The van der Waals surface area contributed by atoms with Gasteiger partial charge in [0.15, 0.2) is 0 Å². The van der Waals surface area contributed by atoms with Crippen LogP contribution in [-0.4, -0.2) is 0 Å². The Labute approximate surface area is 129 Å². The Bertz CT molecular complexity index is 9.80. The summed E-state index contributed by atoms with van der Waals surface area (Å²) in [6.07, 6.45) is 3.25. The molecule has 12 heavy (non-hydrogen) atoms. The van der Waals surface area contributed by atoms with Gasteiger partial charge in [-0.05, 0) is 0 Å². The van der Waals surface area contributed by atoms with Crippen molar-refractivity contribution in [3.63, 3.8) is 0 Å². The molecule has 0 heterocycles. The Balaban J connectivity index is -0.00000000967. The summed E-state index contributed by atoms with van der Waals surface area (Å²) in [5, 5.41) is 0. The van der Waals surface area contributed by atoms with E-state index in [-0.39, 0.29) is 62.2 Å². The van der Waals surface area contributed by atoms with Gasteiger partial charge in [0.2, 0.25) is 0 Å². The fourth-order valence-corrected chi connectivity index (χ4v) is 0. The molecule has 0 amide bonds. The van der Waals surface area contributed by atoms with E-state index in [2.05, 4.69) is 20.8 Å². The average molecular weight is 622 g/mol.